The number of hydrogen-bond donors (Lipinski definition) is 1. The minimum absolute atomic E-state index is 0.359. The fourth-order valence-corrected chi connectivity index (χ4v) is 3.67. The van der Waals surface area contributed by atoms with Crippen LogP contribution in [-0.2, 0) is 0 Å². The second kappa shape index (κ2) is 7.19. The molecule has 5 nitrogen and oxygen atoms in total. The molecule has 1 saturated heterocycles. The largest absolute Gasteiger partial charge is 0.381 e. The molecule has 0 spiro atoms. The van der Waals surface area contributed by atoms with Gasteiger partial charge in [0.2, 0.25) is 0 Å². The van der Waals surface area contributed by atoms with Crippen molar-refractivity contribution < 1.29 is 0 Å². The number of anilines is 2. The number of nitrogens with zero attached hydrogens (tertiary/aromatic N) is 4. The zero-order valence-corrected chi connectivity index (χ0v) is 14.9. The molecule has 1 fully saturated rings. The summed E-state index contributed by atoms with van der Waals surface area (Å²) >= 11 is 6.25. The first-order valence-electron chi connectivity index (χ1n) is 8.68. The van der Waals surface area contributed by atoms with Crippen LogP contribution < -0.4 is 10.2 Å². The molecule has 1 aliphatic rings. The smallest absolute Gasteiger partial charge is 0.187 e. The van der Waals surface area contributed by atoms with Crippen molar-refractivity contribution in [2.24, 2.45) is 0 Å². The highest BCUT2D eigenvalue weighted by Gasteiger charge is 2.24. The van der Waals surface area contributed by atoms with Crippen molar-refractivity contribution in [3.8, 4) is 6.07 Å². The number of para-hydroxylation sites is 1. The van der Waals surface area contributed by atoms with Crippen molar-refractivity contribution in [2.45, 2.75) is 18.9 Å². The van der Waals surface area contributed by atoms with E-state index in [1.807, 2.05) is 48.5 Å². The van der Waals surface area contributed by atoms with Crippen LogP contribution in [0, 0.1) is 11.3 Å². The fourth-order valence-electron chi connectivity index (χ4n) is 3.48. The molecule has 2 aromatic carbocycles. The topological polar surface area (TPSA) is 64.8 Å². The number of piperidine rings is 1. The van der Waals surface area contributed by atoms with Crippen molar-refractivity contribution in [1.29, 1.82) is 5.26 Å². The Morgan fingerprint density at radius 1 is 1.04 bits per heavy atom. The van der Waals surface area contributed by atoms with E-state index in [1.54, 1.807) is 0 Å². The van der Waals surface area contributed by atoms with Gasteiger partial charge < -0.3 is 10.2 Å². The summed E-state index contributed by atoms with van der Waals surface area (Å²) in [4.78, 5) is 2.25. The minimum Gasteiger partial charge on any atom is -0.381 e. The molecular formula is C20H18ClN5. The van der Waals surface area contributed by atoms with Gasteiger partial charge in [-0.25, -0.2) is 0 Å². The van der Waals surface area contributed by atoms with Gasteiger partial charge in [0, 0.05) is 24.5 Å². The first-order valence-corrected chi connectivity index (χ1v) is 9.05. The third kappa shape index (κ3) is 3.16. The van der Waals surface area contributed by atoms with Gasteiger partial charge in [0.15, 0.2) is 5.69 Å². The SMILES string of the molecule is N#Cc1nnc2ccccc2c1N1CCC(Nc2ccccc2Cl)CC1. The highest BCUT2D eigenvalue weighted by Crippen LogP contribution is 2.31. The van der Waals surface area contributed by atoms with E-state index in [2.05, 4.69) is 26.5 Å². The molecular weight excluding hydrogens is 346 g/mol. The molecule has 4 rings (SSSR count). The molecule has 6 heteroatoms. The lowest BCUT2D eigenvalue weighted by atomic mass is 10.0. The number of fused-ring (bicyclic) bond motifs is 1. The van der Waals surface area contributed by atoms with Crippen LogP contribution in [0.4, 0.5) is 11.4 Å². The van der Waals surface area contributed by atoms with Crippen LogP contribution in [-0.4, -0.2) is 29.3 Å². The predicted molar refractivity (Wildman–Crippen MR) is 105 cm³/mol. The average Bonchev–Trinajstić information content (AvgIpc) is 2.69. The van der Waals surface area contributed by atoms with Crippen LogP contribution in [0.25, 0.3) is 10.9 Å². The molecule has 1 aliphatic heterocycles. The van der Waals surface area contributed by atoms with E-state index in [1.165, 1.54) is 0 Å². The summed E-state index contributed by atoms with van der Waals surface area (Å²) in [6.07, 6.45) is 1.93. The number of nitriles is 1. The Bertz CT molecular complexity index is 973. The first kappa shape index (κ1) is 16.6. The summed E-state index contributed by atoms with van der Waals surface area (Å²) in [6, 6.07) is 18.2. The summed E-state index contributed by atoms with van der Waals surface area (Å²) in [5.41, 5.74) is 3.08. The fraction of sp³-hybridized carbons (Fsp3) is 0.250. The molecule has 130 valence electrons. The number of benzene rings is 2. The third-order valence-electron chi connectivity index (χ3n) is 4.79. The molecule has 1 aromatic heterocycles. The normalized spacial score (nSPS) is 15.0. The minimum atomic E-state index is 0.359. The zero-order chi connectivity index (χ0) is 17.9. The molecule has 0 amide bonds. The second-order valence-corrected chi connectivity index (χ2v) is 6.82. The van der Waals surface area contributed by atoms with E-state index in [0.29, 0.717) is 11.7 Å². The van der Waals surface area contributed by atoms with Gasteiger partial charge in [-0.3, -0.25) is 0 Å². The summed E-state index contributed by atoms with van der Waals surface area (Å²) < 4.78 is 0. The van der Waals surface area contributed by atoms with Gasteiger partial charge in [0.05, 0.1) is 21.9 Å². The van der Waals surface area contributed by atoms with Crippen molar-refractivity contribution in [1.82, 2.24) is 10.2 Å². The molecule has 2 heterocycles. The molecule has 0 unspecified atom stereocenters. The Balaban J connectivity index is 1.54. The summed E-state index contributed by atoms with van der Waals surface area (Å²) in [7, 11) is 0. The van der Waals surface area contributed by atoms with Crippen LogP contribution in [0.15, 0.2) is 48.5 Å². The molecule has 1 N–H and O–H groups in total. The van der Waals surface area contributed by atoms with Crippen LogP contribution >= 0.6 is 11.6 Å². The summed E-state index contributed by atoms with van der Waals surface area (Å²) in [6.45, 7) is 1.71. The Morgan fingerprint density at radius 2 is 1.77 bits per heavy atom. The van der Waals surface area contributed by atoms with Gasteiger partial charge in [-0.2, -0.15) is 5.26 Å². The summed E-state index contributed by atoms with van der Waals surface area (Å²) in [5.74, 6) is 0. The maximum absolute atomic E-state index is 9.48. The van der Waals surface area contributed by atoms with E-state index in [9.17, 15) is 5.26 Å². The van der Waals surface area contributed by atoms with Crippen LogP contribution in [0.3, 0.4) is 0 Å². The maximum Gasteiger partial charge on any atom is 0.187 e. The first-order chi connectivity index (χ1) is 12.8. The quantitative estimate of drug-likeness (QED) is 0.754. The third-order valence-corrected chi connectivity index (χ3v) is 5.12. The number of nitrogens with one attached hydrogen (secondary N) is 1. The highest BCUT2D eigenvalue weighted by molar-refractivity contribution is 6.33. The molecule has 3 aromatic rings. The number of hydrogen-bond acceptors (Lipinski definition) is 5. The van der Waals surface area contributed by atoms with Gasteiger partial charge >= 0.3 is 0 Å². The molecule has 0 atom stereocenters. The average molecular weight is 364 g/mol. The lowest BCUT2D eigenvalue weighted by Gasteiger charge is -2.35. The van der Waals surface area contributed by atoms with Crippen molar-refractivity contribution in [3.05, 3.63) is 59.2 Å². The van der Waals surface area contributed by atoms with Gasteiger partial charge in [-0.15, -0.1) is 10.2 Å². The van der Waals surface area contributed by atoms with Crippen LogP contribution in [0.1, 0.15) is 18.5 Å². The van der Waals surface area contributed by atoms with E-state index in [-0.39, 0.29) is 0 Å². The standard InChI is InChI=1S/C20H18ClN5/c21-16-6-2-4-8-18(16)23-14-9-11-26(12-10-14)20-15-5-1-3-7-17(15)24-25-19(20)13-22/h1-8,14,23H,9-12H2. The number of rotatable bonds is 3. The maximum atomic E-state index is 9.48. The second-order valence-electron chi connectivity index (χ2n) is 6.41. The zero-order valence-electron chi connectivity index (χ0n) is 14.2. The van der Waals surface area contributed by atoms with Crippen molar-refractivity contribution >= 4 is 33.9 Å². The number of halogens is 1. The Morgan fingerprint density at radius 3 is 2.54 bits per heavy atom. The van der Waals surface area contributed by atoms with Crippen molar-refractivity contribution in [2.75, 3.05) is 23.3 Å². The lowest BCUT2D eigenvalue weighted by Crippen LogP contribution is -2.39. The van der Waals surface area contributed by atoms with E-state index in [0.717, 1.165) is 53.2 Å². The van der Waals surface area contributed by atoms with Crippen molar-refractivity contribution in [3.63, 3.8) is 0 Å². The summed E-state index contributed by atoms with van der Waals surface area (Å²) in [5, 5.41) is 23.0. The number of aromatic nitrogens is 2. The molecule has 26 heavy (non-hydrogen) atoms. The van der Waals surface area contributed by atoms with E-state index >= 15 is 0 Å². The molecule has 0 saturated carbocycles. The van der Waals surface area contributed by atoms with Gasteiger partial charge in [-0.1, -0.05) is 41.9 Å². The van der Waals surface area contributed by atoms with Gasteiger partial charge in [-0.05, 0) is 31.0 Å². The Labute approximate surface area is 157 Å². The highest BCUT2D eigenvalue weighted by atomic mass is 35.5. The predicted octanol–water partition coefficient (Wildman–Crippen LogP) is 4.24. The van der Waals surface area contributed by atoms with Crippen LogP contribution in [0.2, 0.25) is 5.02 Å². The molecule has 0 bridgehead atoms. The Hall–Kier alpha value is -2.84. The van der Waals surface area contributed by atoms with Crippen LogP contribution in [0.5, 0.6) is 0 Å². The molecule has 0 radical (unpaired) electrons. The monoisotopic (exact) mass is 363 g/mol. The Kier molecular flexibility index (Phi) is 4.59. The van der Waals surface area contributed by atoms with E-state index in [4.69, 9.17) is 11.6 Å². The molecule has 0 aliphatic carbocycles. The van der Waals surface area contributed by atoms with Gasteiger partial charge in [0.1, 0.15) is 6.07 Å². The van der Waals surface area contributed by atoms with E-state index < -0.39 is 0 Å². The lowest BCUT2D eigenvalue weighted by molar-refractivity contribution is 0.527. The van der Waals surface area contributed by atoms with Gasteiger partial charge in [0.25, 0.3) is 0 Å².